The molecule has 2 amide bonds. The first-order chi connectivity index (χ1) is 12.1. The molecule has 25 heavy (non-hydrogen) atoms. The molecular formula is C18H19FN2O4. The standard InChI is InChI=1S/C18H19FN2O4/c1-24-15-5-4-12(19)11-14(15)17(22)20-13-6-8-21(9-7-13)18(23)16-3-2-10-25-16/h2-5,10-11,13H,6-9H2,1H3,(H,20,22). The summed E-state index contributed by atoms with van der Waals surface area (Å²) in [5.41, 5.74) is 0.164. The maximum absolute atomic E-state index is 13.4. The molecule has 0 aliphatic carbocycles. The first kappa shape index (κ1) is 17.0. The van der Waals surface area contributed by atoms with Gasteiger partial charge in [-0.25, -0.2) is 4.39 Å². The number of hydrogen-bond donors (Lipinski definition) is 1. The summed E-state index contributed by atoms with van der Waals surface area (Å²) in [7, 11) is 1.43. The summed E-state index contributed by atoms with van der Waals surface area (Å²) in [6.45, 7) is 1.04. The molecule has 3 rings (SSSR count). The molecule has 6 nitrogen and oxygen atoms in total. The van der Waals surface area contributed by atoms with Crippen LogP contribution < -0.4 is 10.1 Å². The minimum absolute atomic E-state index is 0.0823. The Kier molecular flexibility index (Phi) is 5.02. The number of piperidine rings is 1. The monoisotopic (exact) mass is 346 g/mol. The number of amides is 2. The van der Waals surface area contributed by atoms with Crippen molar-refractivity contribution in [3.05, 3.63) is 53.7 Å². The predicted octanol–water partition coefficient (Wildman–Crippen LogP) is 2.46. The number of benzene rings is 1. The SMILES string of the molecule is COc1ccc(F)cc1C(=O)NC1CCN(C(=O)c2ccco2)CC1. The van der Waals surface area contributed by atoms with Crippen LogP contribution in [0.25, 0.3) is 0 Å². The number of nitrogens with zero attached hydrogens (tertiary/aromatic N) is 1. The lowest BCUT2D eigenvalue weighted by Gasteiger charge is -2.32. The summed E-state index contributed by atoms with van der Waals surface area (Å²) >= 11 is 0. The van der Waals surface area contributed by atoms with Crippen LogP contribution in [0, 0.1) is 5.82 Å². The largest absolute Gasteiger partial charge is 0.496 e. The molecule has 1 saturated heterocycles. The summed E-state index contributed by atoms with van der Waals surface area (Å²) in [5.74, 6) is -0.394. The van der Waals surface area contributed by atoms with E-state index in [1.165, 1.54) is 25.5 Å². The zero-order valence-electron chi connectivity index (χ0n) is 13.8. The van der Waals surface area contributed by atoms with Crippen molar-refractivity contribution >= 4 is 11.8 Å². The van der Waals surface area contributed by atoms with Crippen LogP contribution in [0.1, 0.15) is 33.8 Å². The number of methoxy groups -OCH3 is 1. The highest BCUT2D eigenvalue weighted by Crippen LogP contribution is 2.20. The number of nitrogens with one attached hydrogen (secondary N) is 1. The van der Waals surface area contributed by atoms with E-state index in [0.717, 1.165) is 6.07 Å². The third-order valence-corrected chi connectivity index (χ3v) is 4.26. The number of hydrogen-bond acceptors (Lipinski definition) is 4. The second kappa shape index (κ2) is 7.38. The molecule has 1 fully saturated rings. The number of furan rings is 1. The van der Waals surface area contributed by atoms with Crippen LogP contribution in [0.4, 0.5) is 4.39 Å². The summed E-state index contributed by atoms with van der Waals surface area (Å²) in [6, 6.07) is 7.05. The lowest BCUT2D eigenvalue weighted by molar-refractivity contribution is 0.0667. The maximum atomic E-state index is 13.4. The molecule has 0 unspecified atom stereocenters. The number of halogens is 1. The number of carbonyl (C=O) groups excluding carboxylic acids is 2. The molecule has 1 aliphatic rings. The van der Waals surface area contributed by atoms with Crippen LogP contribution in [0.15, 0.2) is 41.0 Å². The van der Waals surface area contributed by atoms with E-state index in [4.69, 9.17) is 9.15 Å². The first-order valence-electron chi connectivity index (χ1n) is 8.05. The van der Waals surface area contributed by atoms with Crippen molar-refractivity contribution in [1.29, 1.82) is 0 Å². The van der Waals surface area contributed by atoms with Gasteiger partial charge in [-0.3, -0.25) is 9.59 Å². The van der Waals surface area contributed by atoms with Gasteiger partial charge in [0.2, 0.25) is 0 Å². The van der Waals surface area contributed by atoms with Crippen LogP contribution in [0.5, 0.6) is 5.75 Å². The van der Waals surface area contributed by atoms with E-state index < -0.39 is 5.82 Å². The fourth-order valence-electron chi connectivity index (χ4n) is 2.90. The fourth-order valence-corrected chi connectivity index (χ4v) is 2.90. The van der Waals surface area contributed by atoms with Crippen molar-refractivity contribution in [2.75, 3.05) is 20.2 Å². The topological polar surface area (TPSA) is 71.8 Å². The number of ether oxygens (including phenoxy) is 1. The second-order valence-corrected chi connectivity index (χ2v) is 5.86. The third-order valence-electron chi connectivity index (χ3n) is 4.26. The average Bonchev–Trinajstić information content (AvgIpc) is 3.16. The van der Waals surface area contributed by atoms with E-state index in [1.54, 1.807) is 17.0 Å². The fraction of sp³-hybridized carbons (Fsp3) is 0.333. The lowest BCUT2D eigenvalue weighted by Crippen LogP contribution is -2.46. The Morgan fingerprint density at radius 2 is 2.04 bits per heavy atom. The molecule has 1 aromatic carbocycles. The smallest absolute Gasteiger partial charge is 0.289 e. The Morgan fingerprint density at radius 1 is 1.28 bits per heavy atom. The van der Waals surface area contributed by atoms with E-state index in [-0.39, 0.29) is 23.4 Å². The van der Waals surface area contributed by atoms with E-state index >= 15 is 0 Å². The quantitative estimate of drug-likeness (QED) is 0.923. The van der Waals surface area contributed by atoms with Gasteiger partial charge in [-0.1, -0.05) is 0 Å². The van der Waals surface area contributed by atoms with Crippen molar-refractivity contribution in [2.45, 2.75) is 18.9 Å². The van der Waals surface area contributed by atoms with E-state index in [1.807, 2.05) is 0 Å². The van der Waals surface area contributed by atoms with Gasteiger partial charge in [-0.2, -0.15) is 0 Å². The average molecular weight is 346 g/mol. The van der Waals surface area contributed by atoms with Crippen LogP contribution in [-0.4, -0.2) is 43.0 Å². The zero-order chi connectivity index (χ0) is 17.8. The molecular weight excluding hydrogens is 327 g/mol. The van der Waals surface area contributed by atoms with E-state index in [0.29, 0.717) is 37.4 Å². The minimum Gasteiger partial charge on any atom is -0.496 e. The van der Waals surface area contributed by atoms with Gasteiger partial charge in [0, 0.05) is 19.1 Å². The molecule has 0 saturated carbocycles. The Balaban J connectivity index is 1.58. The predicted molar refractivity (Wildman–Crippen MR) is 88.1 cm³/mol. The Bertz CT molecular complexity index is 752. The van der Waals surface area contributed by atoms with Gasteiger partial charge in [-0.15, -0.1) is 0 Å². The van der Waals surface area contributed by atoms with Gasteiger partial charge in [0.1, 0.15) is 11.6 Å². The highest BCUT2D eigenvalue weighted by atomic mass is 19.1. The van der Waals surface area contributed by atoms with Gasteiger partial charge in [0.05, 0.1) is 18.9 Å². The van der Waals surface area contributed by atoms with Crippen molar-refractivity contribution in [2.24, 2.45) is 0 Å². The Hall–Kier alpha value is -2.83. The van der Waals surface area contributed by atoms with Crippen molar-refractivity contribution in [1.82, 2.24) is 10.2 Å². The highest BCUT2D eigenvalue weighted by molar-refractivity contribution is 5.97. The van der Waals surface area contributed by atoms with Crippen molar-refractivity contribution < 1.29 is 23.1 Å². The van der Waals surface area contributed by atoms with Gasteiger partial charge in [-0.05, 0) is 43.2 Å². The number of rotatable bonds is 4. The molecule has 0 atom stereocenters. The van der Waals surface area contributed by atoms with Crippen molar-refractivity contribution in [3.63, 3.8) is 0 Å². The third kappa shape index (κ3) is 3.81. The molecule has 132 valence electrons. The molecule has 0 spiro atoms. The van der Waals surface area contributed by atoms with Gasteiger partial charge < -0.3 is 19.4 Å². The molecule has 1 aliphatic heterocycles. The first-order valence-corrected chi connectivity index (χ1v) is 8.05. The van der Waals surface area contributed by atoms with Gasteiger partial charge in [0.15, 0.2) is 5.76 Å². The van der Waals surface area contributed by atoms with E-state index in [9.17, 15) is 14.0 Å². The second-order valence-electron chi connectivity index (χ2n) is 5.86. The molecule has 2 heterocycles. The normalized spacial score (nSPS) is 15.0. The summed E-state index contributed by atoms with van der Waals surface area (Å²) in [5, 5.41) is 2.88. The lowest BCUT2D eigenvalue weighted by atomic mass is 10.0. The molecule has 1 aromatic heterocycles. The number of likely N-dealkylation sites (tertiary alicyclic amines) is 1. The van der Waals surface area contributed by atoms with Crippen LogP contribution in [0.2, 0.25) is 0 Å². The molecule has 1 N–H and O–H groups in total. The van der Waals surface area contributed by atoms with Crippen LogP contribution in [0.3, 0.4) is 0 Å². The summed E-state index contributed by atoms with van der Waals surface area (Å²) in [6.07, 6.45) is 2.71. The molecule has 0 radical (unpaired) electrons. The summed E-state index contributed by atoms with van der Waals surface area (Å²) < 4.78 is 23.6. The minimum atomic E-state index is -0.496. The van der Waals surface area contributed by atoms with Gasteiger partial charge in [0.25, 0.3) is 11.8 Å². The Labute approximate surface area is 144 Å². The highest BCUT2D eigenvalue weighted by Gasteiger charge is 2.26. The maximum Gasteiger partial charge on any atom is 0.289 e. The summed E-state index contributed by atoms with van der Waals surface area (Å²) in [4.78, 5) is 26.3. The molecule has 0 bridgehead atoms. The van der Waals surface area contributed by atoms with Crippen LogP contribution >= 0.6 is 0 Å². The number of carbonyl (C=O) groups is 2. The van der Waals surface area contributed by atoms with E-state index in [2.05, 4.69) is 5.32 Å². The van der Waals surface area contributed by atoms with Crippen molar-refractivity contribution in [3.8, 4) is 5.75 Å². The van der Waals surface area contributed by atoms with Gasteiger partial charge >= 0.3 is 0 Å². The zero-order valence-corrected chi connectivity index (χ0v) is 13.8. The molecule has 2 aromatic rings. The van der Waals surface area contributed by atoms with Crippen LogP contribution in [-0.2, 0) is 0 Å². The molecule has 7 heteroatoms. The Morgan fingerprint density at radius 3 is 2.68 bits per heavy atom.